The number of fused-ring (bicyclic) bond motifs is 1. The van der Waals surface area contributed by atoms with Gasteiger partial charge in [-0.25, -0.2) is 4.79 Å². The number of urea groups is 1. The fraction of sp³-hybridized carbons (Fsp3) is 0.350. The van der Waals surface area contributed by atoms with E-state index in [1.54, 1.807) is 0 Å². The number of halogens is 1. The Labute approximate surface area is 154 Å². The van der Waals surface area contributed by atoms with E-state index in [-0.39, 0.29) is 6.03 Å². The van der Waals surface area contributed by atoms with Crippen molar-refractivity contribution in [3.63, 3.8) is 0 Å². The number of carbonyl (C=O) groups excluding carboxylic acids is 1. The number of amides is 2. The molecule has 1 aliphatic heterocycles. The lowest BCUT2D eigenvalue weighted by atomic mass is 10.00. The molecule has 132 valence electrons. The summed E-state index contributed by atoms with van der Waals surface area (Å²) in [7, 11) is 0. The van der Waals surface area contributed by atoms with E-state index in [9.17, 15) is 4.79 Å². The average molecular weight is 358 g/mol. The van der Waals surface area contributed by atoms with E-state index in [1.807, 2.05) is 25.1 Å². The molecule has 1 heterocycles. The fourth-order valence-corrected chi connectivity index (χ4v) is 3.42. The number of benzene rings is 2. The van der Waals surface area contributed by atoms with Gasteiger partial charge < -0.3 is 10.6 Å². The van der Waals surface area contributed by atoms with Gasteiger partial charge >= 0.3 is 6.03 Å². The predicted octanol–water partition coefficient (Wildman–Crippen LogP) is 4.22. The molecule has 2 amide bonds. The van der Waals surface area contributed by atoms with Crippen LogP contribution in [0.3, 0.4) is 0 Å². The zero-order valence-electron chi connectivity index (χ0n) is 14.5. The molecule has 0 saturated carbocycles. The standard InChI is InChI=1S/C20H24ClN3O/c1-15-7-8-19(18(21)13-15)23-20(25)22-10-4-11-24-12-9-16-5-2-3-6-17(16)14-24/h2-3,5-8,13H,4,9-12,14H2,1H3,(H2,22,23,25). The van der Waals surface area contributed by atoms with Crippen LogP contribution in [0.2, 0.25) is 5.02 Å². The van der Waals surface area contributed by atoms with Crippen molar-refractivity contribution in [2.75, 3.05) is 25.0 Å². The third-order valence-corrected chi connectivity index (χ3v) is 4.83. The Morgan fingerprint density at radius 2 is 2.00 bits per heavy atom. The molecule has 0 fully saturated rings. The zero-order chi connectivity index (χ0) is 17.6. The summed E-state index contributed by atoms with van der Waals surface area (Å²) < 4.78 is 0. The second-order valence-corrected chi connectivity index (χ2v) is 6.92. The molecule has 2 aromatic carbocycles. The van der Waals surface area contributed by atoms with Gasteiger partial charge in [0.25, 0.3) is 0 Å². The van der Waals surface area contributed by atoms with Gasteiger partial charge in [-0.2, -0.15) is 0 Å². The number of nitrogens with one attached hydrogen (secondary N) is 2. The Morgan fingerprint density at radius 1 is 1.20 bits per heavy atom. The van der Waals surface area contributed by atoms with Gasteiger partial charge in [0.2, 0.25) is 0 Å². The van der Waals surface area contributed by atoms with Crippen molar-refractivity contribution in [2.45, 2.75) is 26.3 Å². The highest BCUT2D eigenvalue weighted by molar-refractivity contribution is 6.33. The van der Waals surface area contributed by atoms with Crippen LogP contribution in [0.5, 0.6) is 0 Å². The summed E-state index contributed by atoms with van der Waals surface area (Å²) in [6, 6.07) is 14.0. The molecule has 0 radical (unpaired) electrons. The number of anilines is 1. The molecule has 1 aliphatic rings. The van der Waals surface area contributed by atoms with Crippen LogP contribution in [0.4, 0.5) is 10.5 Å². The molecule has 0 bridgehead atoms. The minimum absolute atomic E-state index is 0.213. The third kappa shape index (κ3) is 4.97. The first-order valence-corrected chi connectivity index (χ1v) is 9.10. The van der Waals surface area contributed by atoms with Crippen LogP contribution < -0.4 is 10.6 Å². The summed E-state index contributed by atoms with van der Waals surface area (Å²) >= 11 is 6.13. The van der Waals surface area contributed by atoms with Gasteiger partial charge in [-0.15, -0.1) is 0 Å². The summed E-state index contributed by atoms with van der Waals surface area (Å²) in [5.74, 6) is 0. The highest BCUT2D eigenvalue weighted by Gasteiger charge is 2.15. The topological polar surface area (TPSA) is 44.4 Å². The number of hydrogen-bond acceptors (Lipinski definition) is 2. The van der Waals surface area contributed by atoms with Gasteiger partial charge in [0.1, 0.15) is 0 Å². The second-order valence-electron chi connectivity index (χ2n) is 6.51. The summed E-state index contributed by atoms with van der Waals surface area (Å²) in [6.45, 7) is 5.69. The molecule has 2 aromatic rings. The maximum Gasteiger partial charge on any atom is 0.319 e. The molecule has 0 aromatic heterocycles. The lowest BCUT2D eigenvalue weighted by Crippen LogP contribution is -2.35. The van der Waals surface area contributed by atoms with Crippen molar-refractivity contribution in [2.24, 2.45) is 0 Å². The lowest BCUT2D eigenvalue weighted by molar-refractivity contribution is 0.242. The Balaban J connectivity index is 1.38. The van der Waals surface area contributed by atoms with Gasteiger partial charge in [0, 0.05) is 26.2 Å². The monoisotopic (exact) mass is 357 g/mol. The molecule has 5 heteroatoms. The van der Waals surface area contributed by atoms with Gasteiger partial charge in [0.05, 0.1) is 10.7 Å². The third-order valence-electron chi connectivity index (χ3n) is 4.52. The summed E-state index contributed by atoms with van der Waals surface area (Å²) in [5, 5.41) is 6.25. The quantitative estimate of drug-likeness (QED) is 0.787. The van der Waals surface area contributed by atoms with Gasteiger partial charge in [0.15, 0.2) is 0 Å². The highest BCUT2D eigenvalue weighted by Crippen LogP contribution is 2.22. The second kappa shape index (κ2) is 8.37. The van der Waals surface area contributed by atoms with Gasteiger partial charge in [-0.1, -0.05) is 41.9 Å². The minimum atomic E-state index is -0.213. The number of rotatable bonds is 5. The fourth-order valence-electron chi connectivity index (χ4n) is 3.14. The van der Waals surface area contributed by atoms with Crippen LogP contribution in [-0.2, 0) is 13.0 Å². The molecule has 0 saturated heterocycles. The SMILES string of the molecule is Cc1ccc(NC(=O)NCCCN2CCc3ccccc3C2)c(Cl)c1. The molecule has 4 nitrogen and oxygen atoms in total. The number of hydrogen-bond donors (Lipinski definition) is 2. The summed E-state index contributed by atoms with van der Waals surface area (Å²) in [5.41, 5.74) is 4.59. The molecule has 0 aliphatic carbocycles. The molecule has 25 heavy (non-hydrogen) atoms. The number of carbonyl (C=O) groups is 1. The van der Waals surface area contributed by atoms with Crippen LogP contribution >= 0.6 is 11.6 Å². The van der Waals surface area contributed by atoms with Gasteiger partial charge in [-0.3, -0.25) is 4.90 Å². The predicted molar refractivity (Wildman–Crippen MR) is 103 cm³/mol. The van der Waals surface area contributed by atoms with Crippen LogP contribution in [0.25, 0.3) is 0 Å². The zero-order valence-corrected chi connectivity index (χ0v) is 15.3. The number of nitrogens with zero attached hydrogens (tertiary/aromatic N) is 1. The maximum atomic E-state index is 12.0. The molecular weight excluding hydrogens is 334 g/mol. The van der Waals surface area contributed by atoms with Crippen molar-refractivity contribution in [1.82, 2.24) is 10.2 Å². The van der Waals surface area contributed by atoms with Crippen molar-refractivity contribution in [3.05, 3.63) is 64.2 Å². The molecular formula is C20H24ClN3O. The lowest BCUT2D eigenvalue weighted by Gasteiger charge is -2.28. The molecule has 3 rings (SSSR count). The first kappa shape index (κ1) is 17.8. The molecule has 0 spiro atoms. The first-order valence-electron chi connectivity index (χ1n) is 8.72. The summed E-state index contributed by atoms with van der Waals surface area (Å²) in [4.78, 5) is 14.4. The minimum Gasteiger partial charge on any atom is -0.338 e. The Kier molecular flexibility index (Phi) is 5.95. The van der Waals surface area contributed by atoms with Crippen molar-refractivity contribution < 1.29 is 4.79 Å². The first-order chi connectivity index (χ1) is 12.1. The highest BCUT2D eigenvalue weighted by atomic mass is 35.5. The van der Waals surface area contributed by atoms with Crippen molar-refractivity contribution in [1.29, 1.82) is 0 Å². The van der Waals surface area contributed by atoms with E-state index >= 15 is 0 Å². The largest absolute Gasteiger partial charge is 0.338 e. The van der Waals surface area contributed by atoms with Crippen molar-refractivity contribution >= 4 is 23.3 Å². The van der Waals surface area contributed by atoms with Crippen LogP contribution in [0.15, 0.2) is 42.5 Å². The van der Waals surface area contributed by atoms with E-state index < -0.39 is 0 Å². The van der Waals surface area contributed by atoms with E-state index in [0.717, 1.165) is 38.0 Å². The van der Waals surface area contributed by atoms with Gasteiger partial charge in [-0.05, 0) is 48.6 Å². The maximum absolute atomic E-state index is 12.0. The Hall–Kier alpha value is -2.04. The van der Waals surface area contributed by atoms with E-state index in [1.165, 1.54) is 11.1 Å². The molecule has 0 unspecified atom stereocenters. The van der Waals surface area contributed by atoms with Crippen LogP contribution in [0, 0.1) is 6.92 Å². The van der Waals surface area contributed by atoms with E-state index in [4.69, 9.17) is 11.6 Å². The summed E-state index contributed by atoms with van der Waals surface area (Å²) in [6.07, 6.45) is 2.03. The molecule has 2 N–H and O–H groups in total. The Morgan fingerprint density at radius 3 is 2.80 bits per heavy atom. The van der Waals surface area contributed by atoms with Crippen molar-refractivity contribution in [3.8, 4) is 0 Å². The van der Waals surface area contributed by atoms with Crippen LogP contribution in [0.1, 0.15) is 23.1 Å². The smallest absolute Gasteiger partial charge is 0.319 e. The normalized spacial score (nSPS) is 14.0. The number of aryl methyl sites for hydroxylation is 1. The van der Waals surface area contributed by atoms with E-state index in [0.29, 0.717) is 17.3 Å². The van der Waals surface area contributed by atoms with E-state index in [2.05, 4.69) is 39.8 Å². The average Bonchev–Trinajstić information content (AvgIpc) is 2.61. The molecule has 0 atom stereocenters. The Bertz CT molecular complexity index is 747. The van der Waals surface area contributed by atoms with Crippen LogP contribution in [-0.4, -0.2) is 30.6 Å².